The Hall–Kier alpha value is -2.80. The van der Waals surface area contributed by atoms with Gasteiger partial charge in [0.05, 0.1) is 11.0 Å². The summed E-state index contributed by atoms with van der Waals surface area (Å²) in [6.45, 7) is 11.0. The molecule has 0 aliphatic heterocycles. The highest BCUT2D eigenvalue weighted by Crippen LogP contribution is 2.50. The second kappa shape index (κ2) is 4.64. The number of hydrogen-bond acceptors (Lipinski definition) is 0. The lowest BCUT2D eigenvalue weighted by Gasteiger charge is -2.21. The van der Waals surface area contributed by atoms with E-state index in [-0.39, 0.29) is 5.41 Å². The molecule has 0 atom stereocenters. The van der Waals surface area contributed by atoms with Crippen molar-refractivity contribution in [1.82, 2.24) is 4.57 Å². The molecular weight excluding hydrogens is 302 g/mol. The van der Waals surface area contributed by atoms with E-state index in [1.165, 1.54) is 44.1 Å². The second-order valence-electron chi connectivity index (χ2n) is 7.67. The Morgan fingerprint density at radius 2 is 1.52 bits per heavy atom. The lowest BCUT2D eigenvalue weighted by Crippen LogP contribution is -2.14. The summed E-state index contributed by atoms with van der Waals surface area (Å²) in [6.07, 6.45) is 0. The smallest absolute Gasteiger partial charge is 0.0540 e. The third kappa shape index (κ3) is 1.73. The minimum atomic E-state index is 0.0243. The topological polar surface area (TPSA) is 4.93 Å². The first kappa shape index (κ1) is 14.5. The largest absolute Gasteiger partial charge is 0.314 e. The molecule has 1 heterocycles. The zero-order chi connectivity index (χ0) is 17.3. The van der Waals surface area contributed by atoms with Crippen molar-refractivity contribution in [1.29, 1.82) is 0 Å². The quantitative estimate of drug-likeness (QED) is 0.372. The maximum Gasteiger partial charge on any atom is 0.0540 e. The van der Waals surface area contributed by atoms with Gasteiger partial charge in [-0.2, -0.15) is 0 Å². The molecule has 1 aliphatic rings. The van der Waals surface area contributed by atoms with Gasteiger partial charge in [0.15, 0.2) is 0 Å². The molecule has 1 aliphatic carbocycles. The Bertz CT molecular complexity index is 1190. The van der Waals surface area contributed by atoms with Gasteiger partial charge < -0.3 is 4.57 Å². The van der Waals surface area contributed by atoms with Gasteiger partial charge in [0.1, 0.15) is 0 Å². The molecule has 0 spiro atoms. The molecule has 1 heteroatoms. The van der Waals surface area contributed by atoms with Gasteiger partial charge in [0.25, 0.3) is 0 Å². The Labute approximate surface area is 148 Å². The van der Waals surface area contributed by atoms with E-state index >= 15 is 0 Å². The Morgan fingerprint density at radius 3 is 2.32 bits per heavy atom. The van der Waals surface area contributed by atoms with Crippen LogP contribution in [0.2, 0.25) is 0 Å². The number of hydrogen-bond donors (Lipinski definition) is 0. The van der Waals surface area contributed by atoms with Crippen molar-refractivity contribution < 1.29 is 0 Å². The summed E-state index contributed by atoms with van der Waals surface area (Å²) in [5.41, 5.74) is 9.15. The van der Waals surface area contributed by atoms with Gasteiger partial charge in [0, 0.05) is 21.9 Å². The summed E-state index contributed by atoms with van der Waals surface area (Å²) in [6, 6.07) is 22.2. The van der Waals surface area contributed by atoms with Crippen molar-refractivity contribution in [3.63, 3.8) is 0 Å². The molecular formula is C24H21N. The third-order valence-corrected chi connectivity index (χ3v) is 5.76. The minimum Gasteiger partial charge on any atom is -0.314 e. The molecule has 122 valence electrons. The van der Waals surface area contributed by atoms with Crippen LogP contribution in [0.15, 0.2) is 67.2 Å². The number of rotatable bonds is 1. The fourth-order valence-corrected chi connectivity index (χ4v) is 4.57. The Morgan fingerprint density at radius 1 is 0.800 bits per heavy atom. The van der Waals surface area contributed by atoms with E-state index in [9.17, 15) is 0 Å². The molecule has 1 aromatic heterocycles. The van der Waals surface area contributed by atoms with E-state index in [0.717, 1.165) is 5.70 Å². The van der Waals surface area contributed by atoms with Gasteiger partial charge in [-0.1, -0.05) is 62.9 Å². The van der Waals surface area contributed by atoms with E-state index in [2.05, 4.69) is 92.6 Å². The number of allylic oxidation sites excluding steroid dienone is 1. The molecule has 0 unspecified atom stereocenters. The van der Waals surface area contributed by atoms with E-state index in [1.807, 2.05) is 0 Å². The molecule has 3 aromatic carbocycles. The number of fused-ring (bicyclic) bond motifs is 6. The lowest BCUT2D eigenvalue weighted by atomic mass is 9.82. The van der Waals surface area contributed by atoms with Crippen molar-refractivity contribution in [3.05, 3.63) is 78.4 Å². The van der Waals surface area contributed by atoms with Gasteiger partial charge in [-0.25, -0.2) is 0 Å². The number of benzene rings is 3. The van der Waals surface area contributed by atoms with Gasteiger partial charge >= 0.3 is 0 Å². The molecule has 0 radical (unpaired) electrons. The lowest BCUT2D eigenvalue weighted by molar-refractivity contribution is 0.661. The van der Waals surface area contributed by atoms with Gasteiger partial charge in [-0.05, 0) is 47.4 Å². The zero-order valence-corrected chi connectivity index (χ0v) is 14.9. The highest BCUT2D eigenvalue weighted by Gasteiger charge is 2.35. The fraction of sp³-hybridized carbons (Fsp3) is 0.167. The minimum absolute atomic E-state index is 0.0243. The van der Waals surface area contributed by atoms with E-state index in [4.69, 9.17) is 0 Å². The van der Waals surface area contributed by atoms with Crippen molar-refractivity contribution in [2.24, 2.45) is 0 Å². The van der Waals surface area contributed by atoms with Gasteiger partial charge in [-0.3, -0.25) is 0 Å². The standard InChI is InChI=1S/C24H21N/c1-15(2)25-22-12-8-6-10-17(22)19-13-18-16-9-5-7-11-20(16)24(3,4)21(18)14-23(19)25/h5-14H,1H2,2-4H3. The molecule has 0 amide bonds. The molecule has 0 saturated heterocycles. The number of aromatic nitrogens is 1. The monoisotopic (exact) mass is 323 g/mol. The molecule has 0 fully saturated rings. The number of para-hydroxylation sites is 1. The summed E-state index contributed by atoms with van der Waals surface area (Å²) in [4.78, 5) is 0. The van der Waals surface area contributed by atoms with Crippen LogP contribution in [0.25, 0.3) is 38.6 Å². The van der Waals surface area contributed by atoms with Crippen molar-refractivity contribution in [2.45, 2.75) is 26.2 Å². The first-order valence-corrected chi connectivity index (χ1v) is 8.83. The molecule has 1 nitrogen and oxygen atoms in total. The van der Waals surface area contributed by atoms with Gasteiger partial charge in [0.2, 0.25) is 0 Å². The third-order valence-electron chi connectivity index (χ3n) is 5.76. The maximum absolute atomic E-state index is 4.23. The Kier molecular flexibility index (Phi) is 2.69. The van der Waals surface area contributed by atoms with Crippen LogP contribution in [-0.2, 0) is 5.41 Å². The van der Waals surface area contributed by atoms with Gasteiger partial charge in [-0.15, -0.1) is 0 Å². The van der Waals surface area contributed by atoms with Crippen LogP contribution in [0.5, 0.6) is 0 Å². The van der Waals surface area contributed by atoms with Crippen molar-refractivity contribution in [2.75, 3.05) is 0 Å². The first-order chi connectivity index (χ1) is 12.0. The van der Waals surface area contributed by atoms with Crippen molar-refractivity contribution >= 4 is 27.5 Å². The van der Waals surface area contributed by atoms with Crippen LogP contribution in [0.3, 0.4) is 0 Å². The SMILES string of the molecule is C=C(C)n1c2ccccc2c2cc3c(cc21)C(C)(C)c1ccccc1-3. The zero-order valence-electron chi connectivity index (χ0n) is 14.9. The van der Waals surface area contributed by atoms with Crippen LogP contribution < -0.4 is 0 Å². The molecule has 5 rings (SSSR count). The van der Waals surface area contributed by atoms with E-state index < -0.39 is 0 Å². The van der Waals surface area contributed by atoms with Crippen LogP contribution in [0.4, 0.5) is 0 Å². The van der Waals surface area contributed by atoms with E-state index in [0.29, 0.717) is 0 Å². The average Bonchev–Trinajstić information content (AvgIpc) is 3.04. The molecule has 0 bridgehead atoms. The predicted molar refractivity (Wildman–Crippen MR) is 108 cm³/mol. The summed E-state index contributed by atoms with van der Waals surface area (Å²) < 4.78 is 2.30. The predicted octanol–water partition coefficient (Wildman–Crippen LogP) is 6.59. The van der Waals surface area contributed by atoms with E-state index in [1.54, 1.807) is 0 Å². The molecule has 0 N–H and O–H groups in total. The molecule has 25 heavy (non-hydrogen) atoms. The highest BCUT2D eigenvalue weighted by atomic mass is 15.0. The summed E-state index contributed by atoms with van der Waals surface area (Å²) >= 11 is 0. The van der Waals surface area contributed by atoms with Crippen LogP contribution in [0, 0.1) is 0 Å². The molecule has 4 aromatic rings. The summed E-state index contributed by atoms with van der Waals surface area (Å²) in [7, 11) is 0. The molecule has 0 saturated carbocycles. The van der Waals surface area contributed by atoms with Crippen LogP contribution >= 0.6 is 0 Å². The normalized spacial score (nSPS) is 14.7. The highest BCUT2D eigenvalue weighted by molar-refractivity contribution is 6.12. The Balaban J connectivity index is 1.99. The van der Waals surface area contributed by atoms with Crippen LogP contribution in [-0.4, -0.2) is 4.57 Å². The number of nitrogens with zero attached hydrogens (tertiary/aromatic N) is 1. The maximum atomic E-state index is 4.23. The summed E-state index contributed by atoms with van der Waals surface area (Å²) in [5.74, 6) is 0. The van der Waals surface area contributed by atoms with Crippen molar-refractivity contribution in [3.8, 4) is 11.1 Å². The second-order valence-corrected chi connectivity index (χ2v) is 7.67. The first-order valence-electron chi connectivity index (χ1n) is 8.83. The summed E-state index contributed by atoms with van der Waals surface area (Å²) in [5, 5.41) is 2.61. The van der Waals surface area contributed by atoms with Crippen LogP contribution in [0.1, 0.15) is 31.9 Å². The fourth-order valence-electron chi connectivity index (χ4n) is 4.57. The average molecular weight is 323 g/mol.